The van der Waals surface area contributed by atoms with Crippen molar-refractivity contribution in [3.8, 4) is 5.75 Å². The first-order chi connectivity index (χ1) is 12.7. The van der Waals surface area contributed by atoms with Crippen LogP contribution >= 0.6 is 0 Å². The van der Waals surface area contributed by atoms with Crippen molar-refractivity contribution in [1.82, 2.24) is 4.31 Å². The minimum absolute atomic E-state index is 0.282. The van der Waals surface area contributed by atoms with Crippen LogP contribution in [-0.2, 0) is 14.8 Å². The summed E-state index contributed by atoms with van der Waals surface area (Å²) in [7, 11) is -2.10. The summed E-state index contributed by atoms with van der Waals surface area (Å²) < 4.78 is 40.1. The van der Waals surface area contributed by atoms with Crippen LogP contribution < -0.4 is 4.74 Å². The average molecular weight is 390 g/mol. The van der Waals surface area contributed by atoms with Crippen molar-refractivity contribution >= 4 is 10.0 Å². The van der Waals surface area contributed by atoms with E-state index in [4.69, 9.17) is 9.47 Å². The van der Waals surface area contributed by atoms with Crippen molar-refractivity contribution in [3.63, 3.8) is 0 Å². The molecule has 5 nitrogen and oxygen atoms in total. The molecule has 0 N–H and O–H groups in total. The van der Waals surface area contributed by atoms with Crippen LogP contribution in [0.2, 0.25) is 0 Å². The maximum Gasteiger partial charge on any atom is 0.244 e. The number of rotatable bonds is 4. The highest BCUT2D eigenvalue weighted by Gasteiger charge is 2.43. The molecule has 1 heterocycles. The molecule has 2 aromatic carbocycles. The Bertz CT molecular complexity index is 923. The summed E-state index contributed by atoms with van der Waals surface area (Å²) in [5, 5.41) is 0. The van der Waals surface area contributed by atoms with Gasteiger partial charge in [0.05, 0.1) is 30.3 Å². The topological polar surface area (TPSA) is 55.8 Å². The van der Waals surface area contributed by atoms with E-state index in [-0.39, 0.29) is 12.6 Å². The van der Waals surface area contributed by atoms with Gasteiger partial charge in [-0.05, 0) is 56.5 Å². The van der Waals surface area contributed by atoms with Crippen molar-refractivity contribution in [2.24, 2.45) is 0 Å². The normalized spacial score (nSPS) is 20.4. The molecule has 0 bridgehead atoms. The molecule has 1 atom stereocenters. The van der Waals surface area contributed by atoms with Crippen molar-refractivity contribution in [1.29, 1.82) is 0 Å². The molecule has 0 radical (unpaired) electrons. The van der Waals surface area contributed by atoms with Gasteiger partial charge in [-0.3, -0.25) is 0 Å². The fraction of sp³-hybridized carbons (Fsp3) is 0.429. The Morgan fingerprint density at radius 2 is 1.78 bits per heavy atom. The number of aryl methyl sites for hydroxylation is 2. The van der Waals surface area contributed by atoms with Gasteiger partial charge in [0.15, 0.2) is 0 Å². The highest BCUT2D eigenvalue weighted by atomic mass is 32.2. The van der Waals surface area contributed by atoms with Crippen LogP contribution in [0.5, 0.6) is 5.75 Å². The molecule has 1 saturated heterocycles. The molecule has 27 heavy (non-hydrogen) atoms. The SMILES string of the molecule is COc1cc(C)c(S(=O)(=O)N2CC(c3ccccc3)OCC2(C)C)cc1C. The summed E-state index contributed by atoms with van der Waals surface area (Å²) in [6, 6.07) is 13.2. The third kappa shape index (κ3) is 3.74. The lowest BCUT2D eigenvalue weighted by atomic mass is 10.0. The lowest BCUT2D eigenvalue weighted by molar-refractivity contribution is -0.0655. The maximum atomic E-state index is 13.6. The fourth-order valence-corrected chi connectivity index (χ4v) is 5.56. The zero-order valence-electron chi connectivity index (χ0n) is 16.5. The van der Waals surface area contributed by atoms with Crippen LogP contribution in [-0.4, -0.2) is 38.5 Å². The van der Waals surface area contributed by atoms with Gasteiger partial charge in [0.1, 0.15) is 5.75 Å². The highest BCUT2D eigenvalue weighted by Crippen LogP contribution is 2.36. The fourth-order valence-electron chi connectivity index (χ4n) is 3.50. The smallest absolute Gasteiger partial charge is 0.244 e. The van der Waals surface area contributed by atoms with Crippen molar-refractivity contribution in [2.75, 3.05) is 20.3 Å². The van der Waals surface area contributed by atoms with Gasteiger partial charge in [-0.1, -0.05) is 30.3 Å². The molecule has 0 amide bonds. The van der Waals surface area contributed by atoms with E-state index in [1.807, 2.05) is 51.1 Å². The number of morpholine rings is 1. The predicted molar refractivity (Wildman–Crippen MR) is 106 cm³/mol. The third-order valence-corrected chi connectivity index (χ3v) is 7.30. The second-order valence-corrected chi connectivity index (χ2v) is 9.48. The first kappa shape index (κ1) is 19.9. The Labute approximate surface area is 162 Å². The van der Waals surface area contributed by atoms with E-state index in [1.165, 1.54) is 0 Å². The number of hydrogen-bond donors (Lipinski definition) is 0. The number of methoxy groups -OCH3 is 1. The number of ether oxygens (including phenoxy) is 2. The van der Waals surface area contributed by atoms with Gasteiger partial charge in [0.25, 0.3) is 0 Å². The second kappa shape index (κ2) is 7.26. The summed E-state index contributed by atoms with van der Waals surface area (Å²) >= 11 is 0. The van der Waals surface area contributed by atoms with E-state index in [2.05, 4.69) is 0 Å². The van der Waals surface area contributed by atoms with E-state index in [9.17, 15) is 8.42 Å². The van der Waals surface area contributed by atoms with Gasteiger partial charge in [0, 0.05) is 6.54 Å². The predicted octanol–water partition coefficient (Wildman–Crippen LogP) is 3.85. The Hall–Kier alpha value is -1.89. The standard InChI is InChI=1S/C21H27NO4S/c1-15-12-20(16(2)11-18(15)25-5)27(23,24)22-13-19(26-14-21(22,3)4)17-9-7-6-8-10-17/h6-12,19H,13-14H2,1-5H3. The van der Waals surface area contributed by atoms with Gasteiger partial charge in [-0.15, -0.1) is 0 Å². The lowest BCUT2D eigenvalue weighted by Crippen LogP contribution is -2.56. The van der Waals surface area contributed by atoms with Crippen molar-refractivity contribution in [2.45, 2.75) is 44.2 Å². The van der Waals surface area contributed by atoms with Crippen LogP contribution in [0.25, 0.3) is 0 Å². The molecule has 0 spiro atoms. The maximum absolute atomic E-state index is 13.6. The first-order valence-corrected chi connectivity index (χ1v) is 10.5. The molecule has 6 heteroatoms. The molecule has 1 unspecified atom stereocenters. The van der Waals surface area contributed by atoms with Crippen molar-refractivity contribution < 1.29 is 17.9 Å². The van der Waals surface area contributed by atoms with Gasteiger partial charge in [-0.2, -0.15) is 4.31 Å². The summed E-state index contributed by atoms with van der Waals surface area (Å²) in [6.45, 7) is 8.07. The first-order valence-electron chi connectivity index (χ1n) is 9.01. The molecule has 1 fully saturated rings. The van der Waals surface area contributed by atoms with E-state index < -0.39 is 15.6 Å². The van der Waals surface area contributed by atoms with E-state index in [1.54, 1.807) is 30.5 Å². The molecule has 0 aromatic heterocycles. The van der Waals surface area contributed by atoms with Crippen LogP contribution in [0.3, 0.4) is 0 Å². The third-order valence-electron chi connectivity index (χ3n) is 5.08. The number of sulfonamides is 1. The molecular formula is C21H27NO4S. The van der Waals surface area contributed by atoms with Crippen molar-refractivity contribution in [3.05, 3.63) is 59.2 Å². The van der Waals surface area contributed by atoms with E-state index in [0.29, 0.717) is 22.8 Å². The van der Waals surface area contributed by atoms with Gasteiger partial charge < -0.3 is 9.47 Å². The van der Waals surface area contributed by atoms with E-state index in [0.717, 1.165) is 11.1 Å². The molecule has 1 aliphatic heterocycles. The Morgan fingerprint density at radius 1 is 1.11 bits per heavy atom. The van der Waals surface area contributed by atoms with Crippen LogP contribution in [0, 0.1) is 13.8 Å². The van der Waals surface area contributed by atoms with Gasteiger partial charge in [-0.25, -0.2) is 8.42 Å². The Kier molecular flexibility index (Phi) is 5.34. The minimum Gasteiger partial charge on any atom is -0.496 e. The molecule has 3 rings (SSSR count). The number of hydrogen-bond acceptors (Lipinski definition) is 4. The van der Waals surface area contributed by atoms with Crippen LogP contribution in [0.15, 0.2) is 47.4 Å². The summed E-state index contributed by atoms with van der Waals surface area (Å²) in [4.78, 5) is 0.322. The van der Waals surface area contributed by atoms with Crippen LogP contribution in [0.1, 0.15) is 36.6 Å². The lowest BCUT2D eigenvalue weighted by Gasteiger charge is -2.44. The molecule has 1 aliphatic rings. The van der Waals surface area contributed by atoms with Crippen LogP contribution in [0.4, 0.5) is 0 Å². The molecular weight excluding hydrogens is 362 g/mol. The highest BCUT2D eigenvalue weighted by molar-refractivity contribution is 7.89. The molecule has 0 aliphatic carbocycles. The Balaban J connectivity index is 2.02. The quantitative estimate of drug-likeness (QED) is 0.797. The zero-order valence-corrected chi connectivity index (χ0v) is 17.3. The largest absolute Gasteiger partial charge is 0.496 e. The van der Waals surface area contributed by atoms with Gasteiger partial charge in [0.2, 0.25) is 10.0 Å². The second-order valence-electron chi connectivity index (χ2n) is 7.65. The summed E-state index contributed by atoms with van der Waals surface area (Å²) in [6.07, 6.45) is -0.284. The molecule has 0 saturated carbocycles. The summed E-state index contributed by atoms with van der Waals surface area (Å²) in [5.74, 6) is 0.690. The van der Waals surface area contributed by atoms with Gasteiger partial charge >= 0.3 is 0 Å². The number of nitrogens with zero attached hydrogens (tertiary/aromatic N) is 1. The summed E-state index contributed by atoms with van der Waals surface area (Å²) in [5.41, 5.74) is 1.82. The monoisotopic (exact) mass is 389 g/mol. The average Bonchev–Trinajstić information content (AvgIpc) is 2.63. The molecule has 2 aromatic rings. The minimum atomic E-state index is -3.69. The Morgan fingerprint density at radius 3 is 2.41 bits per heavy atom. The number of benzene rings is 2. The molecule has 146 valence electrons. The van der Waals surface area contributed by atoms with E-state index >= 15 is 0 Å². The zero-order chi connectivity index (χ0) is 19.8.